The first-order chi connectivity index (χ1) is 18.2. The van der Waals surface area contributed by atoms with E-state index in [1.165, 1.54) is 4.31 Å². The minimum atomic E-state index is -3.76. The van der Waals surface area contributed by atoms with Crippen molar-refractivity contribution in [2.45, 2.75) is 57.4 Å². The van der Waals surface area contributed by atoms with Crippen LogP contribution in [0.4, 0.5) is 0 Å². The molecule has 0 spiro atoms. The number of hydrogen-bond donors (Lipinski definition) is 1. The third-order valence-electron chi connectivity index (χ3n) is 7.55. The summed E-state index contributed by atoms with van der Waals surface area (Å²) in [5.41, 5.74) is -0.110. The van der Waals surface area contributed by atoms with Gasteiger partial charge in [-0.15, -0.1) is 0 Å². The molecule has 2 aliphatic heterocycles. The Morgan fingerprint density at radius 2 is 1.74 bits per heavy atom. The molecule has 9 nitrogen and oxygen atoms in total. The highest BCUT2D eigenvalue weighted by Gasteiger charge is 2.54. The zero-order valence-electron chi connectivity index (χ0n) is 22.4. The smallest absolute Gasteiger partial charge is 0.328 e. The van der Waals surface area contributed by atoms with Crippen LogP contribution in [-0.2, 0) is 20.4 Å². The van der Waals surface area contributed by atoms with Crippen LogP contribution in [0.3, 0.4) is 0 Å². The minimum Gasteiger partial charge on any atom is -0.497 e. The van der Waals surface area contributed by atoms with Crippen LogP contribution in [-0.4, -0.2) is 68.1 Å². The maximum Gasteiger partial charge on any atom is 0.328 e. The Bertz CT molecular complexity index is 1210. The van der Waals surface area contributed by atoms with E-state index in [1.807, 2.05) is 32.0 Å². The van der Waals surface area contributed by atoms with Crippen molar-refractivity contribution in [2.24, 2.45) is 0 Å². The molecule has 0 amide bonds. The van der Waals surface area contributed by atoms with Crippen LogP contribution in [0, 0.1) is 0 Å². The quantitative estimate of drug-likeness (QED) is 0.395. The third kappa shape index (κ3) is 5.62. The van der Waals surface area contributed by atoms with E-state index in [0.717, 1.165) is 31.2 Å². The van der Waals surface area contributed by atoms with E-state index in [2.05, 4.69) is 0 Å². The second-order valence-electron chi connectivity index (χ2n) is 9.98. The number of nitrogens with zero attached hydrogens (tertiary/aromatic N) is 2. The van der Waals surface area contributed by atoms with Crippen LogP contribution in [0.15, 0.2) is 42.5 Å². The number of hydrogen-bond acceptors (Lipinski definition) is 7. The van der Waals surface area contributed by atoms with Crippen LogP contribution in [0.1, 0.15) is 63.0 Å². The van der Waals surface area contributed by atoms with E-state index < -0.39 is 21.5 Å². The first-order valence-electron chi connectivity index (χ1n) is 13.3. The number of ether oxygens (including phenoxy) is 3. The van der Waals surface area contributed by atoms with Crippen LogP contribution in [0.5, 0.6) is 17.2 Å². The van der Waals surface area contributed by atoms with Gasteiger partial charge in [-0.2, -0.15) is 0 Å². The molecule has 208 valence electrons. The Morgan fingerprint density at radius 1 is 1.08 bits per heavy atom. The van der Waals surface area contributed by atoms with Gasteiger partial charge in [-0.3, -0.25) is 4.90 Å². The number of benzene rings is 2. The van der Waals surface area contributed by atoms with Gasteiger partial charge >= 0.3 is 5.97 Å². The Morgan fingerprint density at radius 3 is 2.34 bits per heavy atom. The van der Waals surface area contributed by atoms with Gasteiger partial charge in [-0.05, 0) is 60.6 Å². The maximum atomic E-state index is 13.8. The molecule has 10 heteroatoms. The van der Waals surface area contributed by atoms with E-state index in [4.69, 9.17) is 14.2 Å². The summed E-state index contributed by atoms with van der Waals surface area (Å²) in [5.74, 6) is 0.189. The Labute approximate surface area is 225 Å². The number of sulfonamides is 1. The number of likely N-dealkylation sites (tertiary alicyclic amines) is 1. The van der Waals surface area contributed by atoms with Crippen molar-refractivity contribution in [3.8, 4) is 17.2 Å². The maximum absolute atomic E-state index is 13.8. The average molecular weight is 547 g/mol. The first kappa shape index (κ1) is 28.2. The molecule has 0 aliphatic carbocycles. The fraction of sp³-hybridized carbons (Fsp3) is 0.536. The molecule has 1 fully saturated rings. The van der Waals surface area contributed by atoms with Gasteiger partial charge in [0.15, 0.2) is 11.5 Å². The SMILES string of the molecule is CCCCN(CCCC)S(=O)(=O)CN1CC(c2ccc3c(c2)OCO3)CC1(C(=O)O)c1ccc(OC)cc1. The van der Waals surface area contributed by atoms with Crippen LogP contribution in [0.2, 0.25) is 0 Å². The summed E-state index contributed by atoms with van der Waals surface area (Å²) in [6.45, 7) is 5.33. The van der Waals surface area contributed by atoms with Crippen molar-refractivity contribution in [2.75, 3.05) is 39.4 Å². The van der Waals surface area contributed by atoms with Crippen molar-refractivity contribution < 1.29 is 32.5 Å². The highest BCUT2D eigenvalue weighted by molar-refractivity contribution is 7.89. The van der Waals surface area contributed by atoms with Gasteiger partial charge in [0.25, 0.3) is 0 Å². The van der Waals surface area contributed by atoms with Crippen LogP contribution < -0.4 is 14.2 Å². The molecule has 1 N–H and O–H groups in total. The highest BCUT2D eigenvalue weighted by atomic mass is 32.2. The van der Waals surface area contributed by atoms with E-state index in [1.54, 1.807) is 36.3 Å². The number of carboxylic acid groups (broad SMARTS) is 1. The summed E-state index contributed by atoms with van der Waals surface area (Å²) >= 11 is 0. The summed E-state index contributed by atoms with van der Waals surface area (Å²) in [4.78, 5) is 14.8. The molecule has 2 aromatic rings. The number of unbranched alkanes of at least 4 members (excludes halogenated alkanes) is 2. The molecule has 0 saturated carbocycles. The van der Waals surface area contributed by atoms with E-state index in [9.17, 15) is 18.3 Å². The molecule has 38 heavy (non-hydrogen) atoms. The van der Waals surface area contributed by atoms with Crippen molar-refractivity contribution >= 4 is 16.0 Å². The number of carbonyl (C=O) groups is 1. The number of fused-ring (bicyclic) bond motifs is 1. The molecule has 2 unspecified atom stereocenters. The Balaban J connectivity index is 1.73. The van der Waals surface area contributed by atoms with Crippen molar-refractivity contribution in [1.29, 1.82) is 0 Å². The lowest BCUT2D eigenvalue weighted by Gasteiger charge is -2.36. The summed E-state index contributed by atoms with van der Waals surface area (Å²) in [5, 5.41) is 10.7. The molecule has 2 heterocycles. The normalized spacial score (nSPS) is 21.2. The van der Waals surface area contributed by atoms with Crippen molar-refractivity contribution in [3.63, 3.8) is 0 Å². The number of aliphatic carboxylic acids is 1. The molecule has 2 aromatic carbocycles. The average Bonchev–Trinajstić information content (AvgIpc) is 3.53. The minimum absolute atomic E-state index is 0.143. The lowest BCUT2D eigenvalue weighted by molar-refractivity contribution is -0.150. The molecule has 4 rings (SSSR count). The third-order valence-corrected chi connectivity index (χ3v) is 9.34. The largest absolute Gasteiger partial charge is 0.497 e. The highest BCUT2D eigenvalue weighted by Crippen LogP contribution is 2.48. The lowest BCUT2D eigenvalue weighted by atomic mass is 9.83. The van der Waals surface area contributed by atoms with E-state index >= 15 is 0 Å². The topological polar surface area (TPSA) is 106 Å². The fourth-order valence-corrected chi connectivity index (χ4v) is 7.07. The van der Waals surface area contributed by atoms with Gasteiger partial charge in [-0.1, -0.05) is 44.9 Å². The van der Waals surface area contributed by atoms with E-state index in [0.29, 0.717) is 35.9 Å². The molecule has 2 aliphatic rings. The van der Waals surface area contributed by atoms with Crippen LogP contribution >= 0.6 is 0 Å². The predicted molar refractivity (Wildman–Crippen MR) is 144 cm³/mol. The summed E-state index contributed by atoms with van der Waals surface area (Å²) in [6.07, 6.45) is 3.47. The zero-order valence-corrected chi connectivity index (χ0v) is 23.2. The van der Waals surface area contributed by atoms with Crippen LogP contribution in [0.25, 0.3) is 0 Å². The molecule has 0 aromatic heterocycles. The standard InChI is InChI=1S/C28H38N2O7S/c1-4-6-14-30(15-7-5-2)38(33,34)19-29-18-22(21-8-13-25-26(16-21)37-20-36-25)17-28(29,27(31)32)23-9-11-24(35-3)12-10-23/h8-13,16,22H,4-7,14-15,17-20H2,1-3H3,(H,31,32). The van der Waals surface area contributed by atoms with Gasteiger partial charge in [-0.25, -0.2) is 17.5 Å². The lowest BCUT2D eigenvalue weighted by Crippen LogP contribution is -2.51. The summed E-state index contributed by atoms with van der Waals surface area (Å²) < 4.78 is 45.4. The number of carboxylic acids is 1. The molecule has 0 bridgehead atoms. The summed E-state index contributed by atoms with van der Waals surface area (Å²) in [6, 6.07) is 12.5. The number of rotatable bonds is 13. The second kappa shape index (κ2) is 11.9. The molecule has 1 saturated heterocycles. The monoisotopic (exact) mass is 546 g/mol. The van der Waals surface area contributed by atoms with E-state index in [-0.39, 0.29) is 31.6 Å². The van der Waals surface area contributed by atoms with Crippen molar-refractivity contribution in [3.05, 3.63) is 53.6 Å². The Kier molecular flexibility index (Phi) is 8.85. The van der Waals surface area contributed by atoms with Gasteiger partial charge in [0.2, 0.25) is 16.8 Å². The molecule has 0 radical (unpaired) electrons. The van der Waals surface area contributed by atoms with Gasteiger partial charge in [0, 0.05) is 19.6 Å². The Hall–Kier alpha value is -2.82. The van der Waals surface area contributed by atoms with Crippen molar-refractivity contribution in [1.82, 2.24) is 9.21 Å². The van der Waals surface area contributed by atoms with Gasteiger partial charge < -0.3 is 19.3 Å². The molecule has 2 atom stereocenters. The van der Waals surface area contributed by atoms with Gasteiger partial charge in [0.05, 0.1) is 7.11 Å². The second-order valence-corrected chi connectivity index (χ2v) is 11.9. The van der Waals surface area contributed by atoms with Gasteiger partial charge in [0.1, 0.15) is 17.2 Å². The summed E-state index contributed by atoms with van der Waals surface area (Å²) in [7, 11) is -2.22. The predicted octanol–water partition coefficient (Wildman–Crippen LogP) is 4.38. The fourth-order valence-electron chi connectivity index (χ4n) is 5.38. The molecular formula is C28H38N2O7S. The zero-order chi connectivity index (χ0) is 27.3. The number of methoxy groups -OCH3 is 1. The first-order valence-corrected chi connectivity index (χ1v) is 14.9. The molecular weight excluding hydrogens is 508 g/mol.